The molecule has 0 aromatic heterocycles. The van der Waals surface area contributed by atoms with E-state index in [0.717, 1.165) is 6.42 Å². The Balaban J connectivity index is 3.06. The molecular formula is C12H20. The molecule has 0 N–H and O–H groups in total. The van der Waals surface area contributed by atoms with E-state index in [4.69, 9.17) is 0 Å². The van der Waals surface area contributed by atoms with Crippen LogP contribution in [-0.4, -0.2) is 0 Å². The van der Waals surface area contributed by atoms with E-state index >= 15 is 0 Å². The Morgan fingerprint density at radius 2 is 1.58 bits per heavy atom. The lowest BCUT2D eigenvalue weighted by Gasteiger charge is -2.02. The van der Waals surface area contributed by atoms with Crippen LogP contribution in [0.25, 0.3) is 0 Å². The van der Waals surface area contributed by atoms with Gasteiger partial charge in [-0.05, 0) is 24.5 Å². The fourth-order valence-corrected chi connectivity index (χ4v) is 1.65. The fourth-order valence-electron chi connectivity index (χ4n) is 1.65. The average molecular weight is 164 g/mol. The predicted octanol–water partition coefficient (Wildman–Crippen LogP) is 3.93. The number of rotatable bonds is 1. The first-order chi connectivity index (χ1) is 5.34. The van der Waals surface area contributed by atoms with Gasteiger partial charge in [-0.15, -0.1) is 5.73 Å². The van der Waals surface area contributed by atoms with Crippen LogP contribution in [0.4, 0.5) is 0 Å². The second-order valence-corrected chi connectivity index (χ2v) is 4.88. The van der Waals surface area contributed by atoms with E-state index < -0.39 is 0 Å². The quantitative estimate of drug-likeness (QED) is 0.515. The molecule has 0 nitrogen and oxygen atoms in total. The monoisotopic (exact) mass is 164 g/mol. The van der Waals surface area contributed by atoms with E-state index in [1.54, 1.807) is 0 Å². The molecule has 0 aromatic carbocycles. The molecule has 0 aromatic rings. The number of hydrogen-bond donors (Lipinski definition) is 0. The van der Waals surface area contributed by atoms with Crippen LogP contribution in [0, 0.1) is 10.8 Å². The van der Waals surface area contributed by atoms with Gasteiger partial charge in [0.15, 0.2) is 0 Å². The van der Waals surface area contributed by atoms with Crippen LogP contribution in [-0.2, 0) is 0 Å². The summed E-state index contributed by atoms with van der Waals surface area (Å²) >= 11 is 0. The van der Waals surface area contributed by atoms with Gasteiger partial charge in [0.2, 0.25) is 0 Å². The normalized spacial score (nSPS) is 23.3. The Morgan fingerprint density at radius 3 is 1.83 bits per heavy atom. The van der Waals surface area contributed by atoms with Gasteiger partial charge in [0.25, 0.3) is 0 Å². The summed E-state index contributed by atoms with van der Waals surface area (Å²) < 4.78 is 0. The highest BCUT2D eigenvalue weighted by Crippen LogP contribution is 2.67. The molecule has 0 atom stereocenters. The van der Waals surface area contributed by atoms with Gasteiger partial charge in [-0.3, -0.25) is 0 Å². The van der Waals surface area contributed by atoms with E-state index in [1.807, 2.05) is 0 Å². The zero-order valence-corrected chi connectivity index (χ0v) is 9.21. The molecule has 0 heteroatoms. The summed E-state index contributed by atoms with van der Waals surface area (Å²) in [6.07, 6.45) is 1.12. The minimum Gasteiger partial charge on any atom is -0.122 e. The molecule has 1 saturated carbocycles. The third-order valence-electron chi connectivity index (χ3n) is 3.62. The molecule has 0 amide bonds. The standard InChI is InChI=1S/C12H20/c1-7-9(2)8-10-11(3,4)12(10,5)6/h7H2,1-6H3. The van der Waals surface area contributed by atoms with Crippen LogP contribution in [0.2, 0.25) is 0 Å². The maximum Gasteiger partial charge on any atom is 0.00315 e. The van der Waals surface area contributed by atoms with Gasteiger partial charge in [0.05, 0.1) is 0 Å². The van der Waals surface area contributed by atoms with Gasteiger partial charge in [0.1, 0.15) is 0 Å². The van der Waals surface area contributed by atoms with Gasteiger partial charge in [-0.25, -0.2) is 0 Å². The zero-order chi connectivity index (χ0) is 9.57. The third-order valence-corrected chi connectivity index (χ3v) is 3.62. The van der Waals surface area contributed by atoms with Gasteiger partial charge in [0, 0.05) is 10.8 Å². The molecule has 1 rings (SSSR count). The maximum atomic E-state index is 3.52. The van der Waals surface area contributed by atoms with Crippen LogP contribution >= 0.6 is 0 Å². The smallest absolute Gasteiger partial charge is 0.00315 e. The van der Waals surface area contributed by atoms with E-state index in [2.05, 4.69) is 47.3 Å². The molecule has 12 heavy (non-hydrogen) atoms. The molecule has 0 radical (unpaired) electrons. The van der Waals surface area contributed by atoms with Crippen LogP contribution in [0.5, 0.6) is 0 Å². The molecule has 0 bridgehead atoms. The first-order valence-corrected chi connectivity index (χ1v) is 4.81. The van der Waals surface area contributed by atoms with Crippen molar-refractivity contribution in [2.45, 2.75) is 48.0 Å². The fraction of sp³-hybridized carbons (Fsp3) is 0.750. The van der Waals surface area contributed by atoms with Crippen molar-refractivity contribution in [3.05, 3.63) is 16.9 Å². The first-order valence-electron chi connectivity index (χ1n) is 4.81. The molecule has 1 aliphatic carbocycles. The van der Waals surface area contributed by atoms with Crippen molar-refractivity contribution in [1.29, 1.82) is 0 Å². The Hall–Kier alpha value is -0.480. The Bertz CT molecular complexity index is 242. The van der Waals surface area contributed by atoms with Crippen LogP contribution < -0.4 is 0 Å². The third kappa shape index (κ3) is 1.15. The van der Waals surface area contributed by atoms with Gasteiger partial charge in [-0.1, -0.05) is 34.6 Å². The summed E-state index contributed by atoms with van der Waals surface area (Å²) in [6.45, 7) is 13.6. The molecule has 68 valence electrons. The summed E-state index contributed by atoms with van der Waals surface area (Å²) in [5.74, 6) is 0. The summed E-state index contributed by atoms with van der Waals surface area (Å²) in [6, 6.07) is 0. The minimum atomic E-state index is 0.378. The van der Waals surface area contributed by atoms with Crippen molar-refractivity contribution in [1.82, 2.24) is 0 Å². The lowest BCUT2D eigenvalue weighted by Crippen LogP contribution is -1.95. The molecule has 0 heterocycles. The summed E-state index contributed by atoms with van der Waals surface area (Å²) in [5, 5.41) is 0. The minimum absolute atomic E-state index is 0.378. The van der Waals surface area contributed by atoms with Crippen LogP contribution in [0.1, 0.15) is 48.0 Å². The highest BCUT2D eigenvalue weighted by atomic mass is 14.6. The van der Waals surface area contributed by atoms with Crippen LogP contribution in [0.15, 0.2) is 16.9 Å². The van der Waals surface area contributed by atoms with E-state index in [9.17, 15) is 0 Å². The van der Waals surface area contributed by atoms with Crippen molar-refractivity contribution in [3.8, 4) is 0 Å². The number of hydrogen-bond acceptors (Lipinski definition) is 0. The molecule has 0 unspecified atom stereocenters. The summed E-state index contributed by atoms with van der Waals surface area (Å²) in [7, 11) is 0. The second-order valence-electron chi connectivity index (χ2n) is 4.88. The van der Waals surface area contributed by atoms with Gasteiger partial charge >= 0.3 is 0 Å². The topological polar surface area (TPSA) is 0 Å². The maximum absolute atomic E-state index is 3.52. The largest absolute Gasteiger partial charge is 0.122 e. The van der Waals surface area contributed by atoms with Gasteiger partial charge < -0.3 is 0 Å². The SMILES string of the molecule is CCC(C)=C=C1C(C)(C)C1(C)C. The van der Waals surface area contributed by atoms with E-state index in [-0.39, 0.29) is 0 Å². The molecule has 0 aliphatic heterocycles. The van der Waals surface area contributed by atoms with Crippen molar-refractivity contribution in [2.75, 3.05) is 0 Å². The average Bonchev–Trinajstić information content (AvgIpc) is 2.32. The first kappa shape index (κ1) is 9.61. The zero-order valence-electron chi connectivity index (χ0n) is 9.21. The Morgan fingerprint density at radius 1 is 1.17 bits per heavy atom. The van der Waals surface area contributed by atoms with Crippen molar-refractivity contribution in [2.24, 2.45) is 10.8 Å². The predicted molar refractivity (Wildman–Crippen MR) is 54.1 cm³/mol. The van der Waals surface area contributed by atoms with Crippen LogP contribution in [0.3, 0.4) is 0 Å². The highest BCUT2D eigenvalue weighted by Gasteiger charge is 2.59. The molecule has 1 fully saturated rings. The summed E-state index contributed by atoms with van der Waals surface area (Å²) in [5.41, 5.74) is 7.15. The summed E-state index contributed by atoms with van der Waals surface area (Å²) in [4.78, 5) is 0. The van der Waals surface area contributed by atoms with Crippen molar-refractivity contribution >= 4 is 0 Å². The van der Waals surface area contributed by atoms with Crippen molar-refractivity contribution in [3.63, 3.8) is 0 Å². The van der Waals surface area contributed by atoms with E-state index in [0.29, 0.717) is 10.8 Å². The highest BCUT2D eigenvalue weighted by molar-refractivity contribution is 5.41. The molecular weight excluding hydrogens is 144 g/mol. The van der Waals surface area contributed by atoms with Crippen molar-refractivity contribution < 1.29 is 0 Å². The number of allylic oxidation sites excluding steroid dienone is 1. The Labute approximate surface area is 76.4 Å². The lowest BCUT2D eigenvalue weighted by molar-refractivity contribution is 0.457. The molecule has 1 aliphatic rings. The second kappa shape index (κ2) is 2.50. The molecule has 0 saturated heterocycles. The molecule has 0 spiro atoms. The van der Waals surface area contributed by atoms with Gasteiger partial charge in [-0.2, -0.15) is 0 Å². The lowest BCUT2D eigenvalue weighted by atomic mass is 10.0. The van der Waals surface area contributed by atoms with E-state index in [1.165, 1.54) is 11.1 Å². The Kier molecular flexibility index (Phi) is 2.00.